The highest BCUT2D eigenvalue weighted by molar-refractivity contribution is 6.33. The molecule has 186 valence electrons. The number of hydrogen-bond donors (Lipinski definition) is 2. The van der Waals surface area contributed by atoms with E-state index >= 15 is 0 Å². The van der Waals surface area contributed by atoms with Gasteiger partial charge in [-0.15, -0.1) is 0 Å². The maximum absolute atomic E-state index is 13.8. The number of nitrogens with zero attached hydrogens (tertiary/aromatic N) is 2. The molecule has 3 aromatic rings. The van der Waals surface area contributed by atoms with E-state index in [0.717, 1.165) is 25.3 Å². The Balaban J connectivity index is 1.67. The Labute approximate surface area is 205 Å². The van der Waals surface area contributed by atoms with Gasteiger partial charge in [-0.2, -0.15) is 18.3 Å². The summed E-state index contributed by atoms with van der Waals surface area (Å²) in [5, 5.41) is 16.8. The molecule has 0 radical (unpaired) electrons. The fourth-order valence-corrected chi connectivity index (χ4v) is 4.72. The lowest BCUT2D eigenvalue weighted by Gasteiger charge is -2.26. The average molecular weight is 508 g/mol. The van der Waals surface area contributed by atoms with E-state index in [9.17, 15) is 27.9 Å². The third-order valence-electron chi connectivity index (χ3n) is 6.69. The molecule has 1 fully saturated rings. The summed E-state index contributed by atoms with van der Waals surface area (Å²) in [7, 11) is 1.72. The van der Waals surface area contributed by atoms with Crippen molar-refractivity contribution in [1.29, 1.82) is 0 Å². The molecule has 4 rings (SSSR count). The Kier molecular flexibility index (Phi) is 6.81. The number of carboxylic acid groups (broad SMARTS) is 1. The second-order valence-corrected chi connectivity index (χ2v) is 9.57. The number of rotatable bonds is 8. The molecule has 10 heteroatoms. The van der Waals surface area contributed by atoms with Gasteiger partial charge in [-0.1, -0.05) is 30.7 Å². The van der Waals surface area contributed by atoms with Gasteiger partial charge in [-0.25, -0.2) is 0 Å². The van der Waals surface area contributed by atoms with Gasteiger partial charge in [-0.05, 0) is 60.1 Å². The van der Waals surface area contributed by atoms with Crippen molar-refractivity contribution in [3.05, 3.63) is 58.7 Å². The second-order valence-electron chi connectivity index (χ2n) is 9.16. The zero-order valence-corrected chi connectivity index (χ0v) is 19.9. The number of carbonyl (C=O) groups excluding carboxylic acids is 1. The first-order valence-corrected chi connectivity index (χ1v) is 11.6. The molecule has 6 nitrogen and oxygen atoms in total. The van der Waals surface area contributed by atoms with Crippen molar-refractivity contribution in [1.82, 2.24) is 9.78 Å². The smallest absolute Gasteiger partial charge is 0.392 e. The predicted molar refractivity (Wildman–Crippen MR) is 126 cm³/mol. The van der Waals surface area contributed by atoms with Crippen LogP contribution in [0.1, 0.15) is 49.1 Å². The van der Waals surface area contributed by atoms with Crippen molar-refractivity contribution in [2.75, 3.05) is 5.32 Å². The Morgan fingerprint density at radius 1 is 1.20 bits per heavy atom. The van der Waals surface area contributed by atoms with Crippen LogP contribution in [0, 0.1) is 11.8 Å². The lowest BCUT2D eigenvalue weighted by Crippen LogP contribution is -2.34. The molecule has 0 spiro atoms. The number of benzene rings is 2. The first-order chi connectivity index (χ1) is 16.5. The fourth-order valence-electron chi connectivity index (χ4n) is 4.55. The number of fused-ring (bicyclic) bond motifs is 1. The van der Waals surface area contributed by atoms with E-state index in [1.165, 1.54) is 18.3 Å². The van der Waals surface area contributed by atoms with E-state index in [1.54, 1.807) is 36.0 Å². The summed E-state index contributed by atoms with van der Waals surface area (Å²) in [6, 6.07) is 9.50. The number of hydrogen-bond acceptors (Lipinski definition) is 3. The van der Waals surface area contributed by atoms with Crippen LogP contribution < -0.4 is 5.32 Å². The van der Waals surface area contributed by atoms with Gasteiger partial charge >= 0.3 is 12.1 Å². The van der Waals surface area contributed by atoms with Crippen LogP contribution >= 0.6 is 11.6 Å². The molecule has 1 aromatic heterocycles. The summed E-state index contributed by atoms with van der Waals surface area (Å²) in [4.78, 5) is 24.7. The van der Waals surface area contributed by atoms with Gasteiger partial charge < -0.3 is 10.4 Å². The number of carboxylic acids is 1. The summed E-state index contributed by atoms with van der Waals surface area (Å²) in [5.41, 5.74) is 1.79. The Bertz CT molecular complexity index is 1270. The monoisotopic (exact) mass is 507 g/mol. The largest absolute Gasteiger partial charge is 0.481 e. The maximum atomic E-state index is 13.8. The number of aliphatic carboxylic acids is 1. The molecule has 3 atom stereocenters. The van der Waals surface area contributed by atoms with Crippen molar-refractivity contribution in [3.8, 4) is 0 Å². The SMILES string of the molecule is C[C@H](C(C(=O)Nc1cc([C@@H](CC(=O)O)C2CC2)ccc1Cl)c1ccc2c(cnn2C)c1)C(F)(F)F. The number of amides is 1. The van der Waals surface area contributed by atoms with E-state index in [4.69, 9.17) is 11.6 Å². The van der Waals surface area contributed by atoms with Crippen LogP contribution in [0.4, 0.5) is 18.9 Å². The number of aromatic nitrogens is 2. The summed E-state index contributed by atoms with van der Waals surface area (Å²) in [6.07, 6.45) is -1.34. The van der Waals surface area contributed by atoms with Crippen molar-refractivity contribution < 1.29 is 27.9 Å². The Hall–Kier alpha value is -3.07. The molecular formula is C25H25ClF3N3O3. The highest BCUT2D eigenvalue weighted by Gasteiger charge is 2.45. The molecular weight excluding hydrogens is 483 g/mol. The second kappa shape index (κ2) is 9.53. The highest BCUT2D eigenvalue weighted by Crippen LogP contribution is 2.46. The van der Waals surface area contributed by atoms with E-state index in [2.05, 4.69) is 10.4 Å². The van der Waals surface area contributed by atoms with Crippen LogP contribution in [-0.4, -0.2) is 32.9 Å². The van der Waals surface area contributed by atoms with Crippen LogP contribution in [0.5, 0.6) is 0 Å². The van der Waals surface area contributed by atoms with E-state index in [1.807, 2.05) is 0 Å². The van der Waals surface area contributed by atoms with Crippen LogP contribution in [0.15, 0.2) is 42.6 Å². The van der Waals surface area contributed by atoms with Crippen molar-refractivity contribution in [2.24, 2.45) is 18.9 Å². The van der Waals surface area contributed by atoms with Gasteiger partial charge in [0.25, 0.3) is 0 Å². The van der Waals surface area contributed by atoms with Crippen LogP contribution in [0.25, 0.3) is 10.9 Å². The lowest BCUT2D eigenvalue weighted by atomic mass is 9.85. The summed E-state index contributed by atoms with van der Waals surface area (Å²) in [6.45, 7) is 0.978. The zero-order chi connectivity index (χ0) is 25.5. The van der Waals surface area contributed by atoms with Gasteiger partial charge in [0.1, 0.15) is 0 Å². The minimum Gasteiger partial charge on any atom is -0.481 e. The zero-order valence-electron chi connectivity index (χ0n) is 19.1. The molecule has 0 bridgehead atoms. The van der Waals surface area contributed by atoms with E-state index < -0.39 is 29.9 Å². The topological polar surface area (TPSA) is 84.2 Å². The lowest BCUT2D eigenvalue weighted by molar-refractivity contribution is -0.178. The minimum absolute atomic E-state index is 0.0709. The van der Waals surface area contributed by atoms with E-state index in [-0.39, 0.29) is 34.5 Å². The van der Waals surface area contributed by atoms with Crippen molar-refractivity contribution in [2.45, 2.75) is 44.2 Å². The molecule has 2 aromatic carbocycles. The van der Waals surface area contributed by atoms with Crippen molar-refractivity contribution in [3.63, 3.8) is 0 Å². The number of halogens is 4. The number of alkyl halides is 3. The van der Waals surface area contributed by atoms with Crippen molar-refractivity contribution >= 4 is 40.1 Å². The van der Waals surface area contributed by atoms with Crippen LogP contribution in [0.2, 0.25) is 5.02 Å². The van der Waals surface area contributed by atoms with Gasteiger partial charge in [-0.3, -0.25) is 14.3 Å². The molecule has 0 saturated heterocycles. The average Bonchev–Trinajstić information content (AvgIpc) is 3.56. The van der Waals surface area contributed by atoms with Gasteiger partial charge in [0, 0.05) is 12.4 Å². The van der Waals surface area contributed by atoms with Crippen LogP contribution in [0.3, 0.4) is 0 Å². The number of aryl methyl sites for hydroxylation is 1. The van der Waals surface area contributed by atoms with E-state index in [0.29, 0.717) is 10.9 Å². The summed E-state index contributed by atoms with van der Waals surface area (Å²) < 4.78 is 43.0. The molecule has 1 heterocycles. The standard InChI is InChI=1S/C25H25ClF3N3O3/c1-13(25(27,28)29)23(16-6-8-21-17(9-16)12-30-32(21)2)24(35)31-20-10-15(5-7-19(20)26)18(11-22(33)34)14-3-4-14/h5-10,12-14,18,23H,3-4,11H2,1-2H3,(H,31,35)(H,33,34)/t13-,18+,23?/m1/s1. The first kappa shape index (κ1) is 25.0. The summed E-state index contributed by atoms with van der Waals surface area (Å²) in [5.74, 6) is -5.31. The molecule has 1 aliphatic carbocycles. The first-order valence-electron chi connectivity index (χ1n) is 11.3. The Morgan fingerprint density at radius 3 is 2.51 bits per heavy atom. The van der Waals surface area contributed by atoms with Gasteiger partial charge in [0.2, 0.25) is 5.91 Å². The minimum atomic E-state index is -4.61. The van der Waals surface area contributed by atoms with Crippen LogP contribution in [-0.2, 0) is 16.6 Å². The third kappa shape index (κ3) is 5.45. The molecule has 1 amide bonds. The Morgan fingerprint density at radius 2 is 1.89 bits per heavy atom. The highest BCUT2D eigenvalue weighted by atomic mass is 35.5. The molecule has 2 N–H and O–H groups in total. The number of anilines is 1. The number of carbonyl (C=O) groups is 2. The molecule has 1 unspecified atom stereocenters. The molecule has 1 aliphatic rings. The van der Waals surface area contributed by atoms with Gasteiger partial charge in [0.15, 0.2) is 0 Å². The quantitative estimate of drug-likeness (QED) is 0.385. The fraction of sp³-hybridized carbons (Fsp3) is 0.400. The predicted octanol–water partition coefficient (Wildman–Crippen LogP) is 6.12. The summed E-state index contributed by atoms with van der Waals surface area (Å²) >= 11 is 6.28. The normalized spacial score (nSPS) is 16.6. The molecule has 35 heavy (non-hydrogen) atoms. The number of nitrogens with one attached hydrogen (secondary N) is 1. The molecule has 0 aliphatic heterocycles. The van der Waals surface area contributed by atoms with Gasteiger partial charge in [0.05, 0.1) is 40.7 Å². The third-order valence-corrected chi connectivity index (χ3v) is 7.02. The maximum Gasteiger partial charge on any atom is 0.392 e. The molecule has 1 saturated carbocycles.